The van der Waals surface area contributed by atoms with Gasteiger partial charge in [-0.2, -0.15) is 13.2 Å². The Morgan fingerprint density at radius 3 is 2.77 bits per heavy atom. The summed E-state index contributed by atoms with van der Waals surface area (Å²) < 4.78 is 51.5. The first-order chi connectivity index (χ1) is 14.1. The summed E-state index contributed by atoms with van der Waals surface area (Å²) in [6.45, 7) is 3.80. The number of halogens is 4. The van der Waals surface area contributed by atoms with Gasteiger partial charge in [0.25, 0.3) is 0 Å². The number of hydrogen-bond acceptors (Lipinski definition) is 4. The van der Waals surface area contributed by atoms with Gasteiger partial charge < -0.3 is 19.9 Å². The summed E-state index contributed by atoms with van der Waals surface area (Å²) in [6.07, 6.45) is -4.79. The monoisotopic (exact) mass is 444 g/mol. The van der Waals surface area contributed by atoms with E-state index in [1.165, 1.54) is 24.4 Å². The van der Waals surface area contributed by atoms with E-state index in [0.717, 1.165) is 6.20 Å². The van der Waals surface area contributed by atoms with Gasteiger partial charge in [-0.15, -0.1) is 0 Å². The highest BCUT2D eigenvalue weighted by atomic mass is 35.5. The number of benzene rings is 1. The van der Waals surface area contributed by atoms with E-state index in [4.69, 9.17) is 26.2 Å². The molecule has 3 rings (SSSR count). The number of ether oxygens (including phenoxy) is 2. The molecule has 1 aromatic carbocycles. The number of aromatic nitrogens is 1. The van der Waals surface area contributed by atoms with Gasteiger partial charge in [0.15, 0.2) is 0 Å². The van der Waals surface area contributed by atoms with E-state index in [9.17, 15) is 18.0 Å². The molecule has 0 spiro atoms. The molecule has 0 bridgehead atoms. The lowest BCUT2D eigenvalue weighted by Crippen LogP contribution is -2.33. The number of carboxylic acid groups (broad SMARTS) is 1. The van der Waals surface area contributed by atoms with Gasteiger partial charge in [-0.05, 0) is 37.0 Å². The minimum absolute atomic E-state index is 0.0176. The minimum atomic E-state index is -4.61. The molecule has 1 aliphatic rings. The van der Waals surface area contributed by atoms with Crippen LogP contribution in [0.15, 0.2) is 30.6 Å². The van der Waals surface area contributed by atoms with Crippen LogP contribution in [0.4, 0.5) is 18.0 Å². The standard InChI is InChI=1S/C20H20ClF3N2O4/c1-10(5-11(2)26-19(27)28)9-29-17-7-16-13(6-15(17)21)12-3-4-25-8-14(12)18(30-16)20(22,23)24/h3-4,6-8,10-11,18,26H,5,9H2,1-2H3,(H,27,28)/t10?,11-,18?/m0/s1. The molecule has 6 nitrogen and oxygen atoms in total. The SMILES string of the molecule is CC(COc1cc2c(cc1Cl)-c1ccncc1C(C(F)(F)F)O2)C[C@H](C)NC(=O)O. The molecule has 1 aromatic heterocycles. The van der Waals surface area contributed by atoms with Gasteiger partial charge in [-0.25, -0.2) is 4.79 Å². The van der Waals surface area contributed by atoms with Crippen molar-refractivity contribution in [1.29, 1.82) is 0 Å². The second kappa shape index (κ2) is 8.59. The number of carbonyl (C=O) groups is 1. The Kier molecular flexibility index (Phi) is 6.30. The maximum absolute atomic E-state index is 13.5. The van der Waals surface area contributed by atoms with Crippen molar-refractivity contribution in [2.45, 2.75) is 38.6 Å². The fourth-order valence-corrected chi connectivity index (χ4v) is 3.64. The van der Waals surface area contributed by atoms with Crippen molar-refractivity contribution in [2.24, 2.45) is 5.92 Å². The highest BCUT2D eigenvalue weighted by Gasteiger charge is 2.47. The lowest BCUT2D eigenvalue weighted by atomic mass is 9.94. The first-order valence-corrected chi connectivity index (χ1v) is 9.57. The van der Waals surface area contributed by atoms with Crippen LogP contribution in [-0.2, 0) is 0 Å². The van der Waals surface area contributed by atoms with Gasteiger partial charge in [0.05, 0.1) is 11.6 Å². The number of alkyl halides is 3. The maximum atomic E-state index is 13.5. The van der Waals surface area contributed by atoms with Crippen LogP contribution in [0.1, 0.15) is 31.9 Å². The fourth-order valence-electron chi connectivity index (χ4n) is 3.42. The molecule has 3 atom stereocenters. The Bertz CT molecular complexity index is 939. The molecule has 0 aliphatic carbocycles. The molecule has 1 amide bonds. The first-order valence-electron chi connectivity index (χ1n) is 9.19. The molecule has 10 heteroatoms. The summed E-state index contributed by atoms with van der Waals surface area (Å²) in [7, 11) is 0. The zero-order chi connectivity index (χ0) is 22.1. The van der Waals surface area contributed by atoms with Gasteiger partial charge >= 0.3 is 12.3 Å². The van der Waals surface area contributed by atoms with Crippen LogP contribution in [0, 0.1) is 5.92 Å². The molecular weight excluding hydrogens is 425 g/mol. The van der Waals surface area contributed by atoms with E-state index in [1.54, 1.807) is 6.92 Å². The van der Waals surface area contributed by atoms with Crippen LogP contribution in [-0.4, -0.2) is 35.0 Å². The van der Waals surface area contributed by atoms with Crippen LogP contribution in [0.5, 0.6) is 11.5 Å². The summed E-state index contributed by atoms with van der Waals surface area (Å²) in [5.74, 6) is 0.179. The summed E-state index contributed by atoms with van der Waals surface area (Å²) in [4.78, 5) is 14.5. The van der Waals surface area contributed by atoms with Crippen molar-refractivity contribution in [3.63, 3.8) is 0 Å². The largest absolute Gasteiger partial charge is 0.492 e. The Labute approximate surface area is 176 Å². The molecule has 30 heavy (non-hydrogen) atoms. The molecule has 0 saturated heterocycles. The molecule has 0 fully saturated rings. The van der Waals surface area contributed by atoms with Crippen LogP contribution >= 0.6 is 11.6 Å². The van der Waals surface area contributed by atoms with Gasteiger partial charge in [0, 0.05) is 35.6 Å². The summed E-state index contributed by atoms with van der Waals surface area (Å²) in [5, 5.41) is 11.3. The number of pyridine rings is 1. The van der Waals surface area contributed by atoms with Crippen molar-refractivity contribution in [3.8, 4) is 22.6 Å². The van der Waals surface area contributed by atoms with Crippen molar-refractivity contribution < 1.29 is 32.5 Å². The number of amides is 1. The Balaban J connectivity index is 1.81. The zero-order valence-corrected chi connectivity index (χ0v) is 16.9. The Hall–Kier alpha value is -2.68. The van der Waals surface area contributed by atoms with E-state index in [2.05, 4.69) is 10.3 Å². The smallest absolute Gasteiger partial charge is 0.429 e. The molecular formula is C20H20ClF3N2O4. The Morgan fingerprint density at radius 2 is 2.10 bits per heavy atom. The Morgan fingerprint density at radius 1 is 1.37 bits per heavy atom. The van der Waals surface area contributed by atoms with E-state index in [0.29, 0.717) is 17.5 Å². The molecule has 2 N–H and O–H groups in total. The third kappa shape index (κ3) is 4.89. The average Bonchev–Trinajstić information content (AvgIpc) is 2.64. The predicted octanol–water partition coefficient (Wildman–Crippen LogP) is 5.46. The van der Waals surface area contributed by atoms with Crippen molar-refractivity contribution >= 4 is 17.7 Å². The van der Waals surface area contributed by atoms with Crippen LogP contribution < -0.4 is 14.8 Å². The lowest BCUT2D eigenvalue weighted by molar-refractivity contribution is -0.198. The second-order valence-electron chi connectivity index (χ2n) is 7.28. The van der Waals surface area contributed by atoms with Gasteiger partial charge in [0.1, 0.15) is 11.5 Å². The summed E-state index contributed by atoms with van der Waals surface area (Å²) in [6, 6.07) is 4.08. The molecule has 0 radical (unpaired) electrons. The highest BCUT2D eigenvalue weighted by Crippen LogP contribution is 2.50. The van der Waals surface area contributed by atoms with Gasteiger partial charge in [0.2, 0.25) is 6.10 Å². The number of nitrogens with zero attached hydrogens (tertiary/aromatic N) is 1. The third-order valence-corrected chi connectivity index (χ3v) is 4.95. The normalized spacial score (nSPS) is 17.2. The lowest BCUT2D eigenvalue weighted by Gasteiger charge is -2.30. The molecule has 2 unspecified atom stereocenters. The van der Waals surface area contributed by atoms with E-state index in [1.807, 2.05) is 6.92 Å². The van der Waals surface area contributed by atoms with Crippen molar-refractivity contribution in [2.75, 3.05) is 6.61 Å². The van der Waals surface area contributed by atoms with Crippen LogP contribution in [0.3, 0.4) is 0 Å². The van der Waals surface area contributed by atoms with Crippen molar-refractivity contribution in [3.05, 3.63) is 41.2 Å². The first kappa shape index (κ1) is 22.0. The predicted molar refractivity (Wildman–Crippen MR) is 104 cm³/mol. The number of fused-ring (bicyclic) bond motifs is 3. The topological polar surface area (TPSA) is 80.7 Å². The number of hydrogen-bond donors (Lipinski definition) is 2. The van der Waals surface area contributed by atoms with Crippen LogP contribution in [0.2, 0.25) is 5.02 Å². The third-order valence-electron chi connectivity index (χ3n) is 4.65. The zero-order valence-electron chi connectivity index (χ0n) is 16.2. The fraction of sp³-hybridized carbons (Fsp3) is 0.400. The minimum Gasteiger partial charge on any atom is -0.492 e. The summed E-state index contributed by atoms with van der Waals surface area (Å²) >= 11 is 6.30. The second-order valence-corrected chi connectivity index (χ2v) is 7.69. The molecule has 1 aliphatic heterocycles. The average molecular weight is 445 g/mol. The molecule has 162 valence electrons. The van der Waals surface area contributed by atoms with E-state index < -0.39 is 18.4 Å². The van der Waals surface area contributed by atoms with Crippen LogP contribution in [0.25, 0.3) is 11.1 Å². The molecule has 2 aromatic rings. The molecule has 0 saturated carbocycles. The molecule has 2 heterocycles. The maximum Gasteiger partial charge on any atom is 0.429 e. The van der Waals surface area contributed by atoms with E-state index >= 15 is 0 Å². The van der Waals surface area contributed by atoms with E-state index in [-0.39, 0.29) is 40.7 Å². The summed E-state index contributed by atoms with van der Waals surface area (Å²) in [5.41, 5.74) is 0.706. The highest BCUT2D eigenvalue weighted by molar-refractivity contribution is 6.32. The van der Waals surface area contributed by atoms with Gasteiger partial charge in [-0.3, -0.25) is 4.98 Å². The number of nitrogens with one attached hydrogen (secondary N) is 1. The number of rotatable bonds is 6. The van der Waals surface area contributed by atoms with Crippen molar-refractivity contribution in [1.82, 2.24) is 10.3 Å². The quantitative estimate of drug-likeness (QED) is 0.618. The van der Waals surface area contributed by atoms with Gasteiger partial charge in [-0.1, -0.05) is 18.5 Å².